The van der Waals surface area contributed by atoms with E-state index in [4.69, 9.17) is 16.3 Å². The minimum atomic E-state index is 0.479. The number of aromatic nitrogens is 1. The third kappa shape index (κ3) is 4.14. The van der Waals surface area contributed by atoms with Crippen LogP contribution in [0.3, 0.4) is 0 Å². The van der Waals surface area contributed by atoms with Crippen molar-refractivity contribution >= 4 is 17.4 Å². The van der Waals surface area contributed by atoms with Crippen LogP contribution in [0.1, 0.15) is 24.5 Å². The second kappa shape index (κ2) is 7.15. The van der Waals surface area contributed by atoms with Gasteiger partial charge in [-0.2, -0.15) is 0 Å². The predicted octanol–water partition coefficient (Wildman–Crippen LogP) is 4.44. The minimum Gasteiger partial charge on any atom is -0.487 e. The molecule has 0 fully saturated rings. The van der Waals surface area contributed by atoms with Crippen LogP contribution in [0.25, 0.3) is 0 Å². The zero-order valence-electron chi connectivity index (χ0n) is 11.8. The van der Waals surface area contributed by atoms with Crippen molar-refractivity contribution in [3.05, 3.63) is 52.7 Å². The first-order valence-electron chi connectivity index (χ1n) is 6.77. The molecule has 106 valence electrons. The fourth-order valence-electron chi connectivity index (χ4n) is 1.80. The zero-order valence-corrected chi connectivity index (χ0v) is 12.6. The summed E-state index contributed by atoms with van der Waals surface area (Å²) < 4.78 is 5.78. The number of ether oxygens (including phenoxy) is 1. The summed E-state index contributed by atoms with van der Waals surface area (Å²) in [6, 6.07) is 9.71. The Hall–Kier alpha value is -1.74. The first-order chi connectivity index (χ1) is 9.69. The van der Waals surface area contributed by atoms with Crippen molar-refractivity contribution in [2.24, 2.45) is 0 Å². The van der Waals surface area contributed by atoms with Crippen molar-refractivity contribution in [2.45, 2.75) is 26.9 Å². The highest BCUT2D eigenvalue weighted by Crippen LogP contribution is 2.26. The second-order valence-corrected chi connectivity index (χ2v) is 5.11. The van der Waals surface area contributed by atoms with Crippen LogP contribution in [-0.4, -0.2) is 11.5 Å². The standard InChI is InChI=1S/C16H19ClN2O/c1-3-7-18-16-10-13(6-8-19-16)11-20-15-9-12(2)4-5-14(15)17/h4-6,8-10H,3,7,11H2,1-2H3,(H,18,19). The van der Waals surface area contributed by atoms with Crippen LogP contribution in [0.5, 0.6) is 5.75 Å². The van der Waals surface area contributed by atoms with Gasteiger partial charge >= 0.3 is 0 Å². The maximum absolute atomic E-state index is 6.11. The summed E-state index contributed by atoms with van der Waals surface area (Å²) in [5.41, 5.74) is 2.20. The van der Waals surface area contributed by atoms with E-state index in [0.29, 0.717) is 17.4 Å². The molecule has 1 aromatic carbocycles. The van der Waals surface area contributed by atoms with E-state index in [2.05, 4.69) is 17.2 Å². The molecular formula is C16H19ClN2O. The van der Waals surface area contributed by atoms with E-state index in [1.807, 2.05) is 37.3 Å². The van der Waals surface area contributed by atoms with Crippen molar-refractivity contribution < 1.29 is 4.74 Å². The third-order valence-electron chi connectivity index (χ3n) is 2.86. The highest BCUT2D eigenvalue weighted by Gasteiger charge is 2.03. The molecule has 0 amide bonds. The van der Waals surface area contributed by atoms with Crippen molar-refractivity contribution in [3.8, 4) is 5.75 Å². The number of nitrogens with one attached hydrogen (secondary N) is 1. The van der Waals surface area contributed by atoms with E-state index < -0.39 is 0 Å². The molecule has 0 aliphatic rings. The van der Waals surface area contributed by atoms with Crippen molar-refractivity contribution in [1.82, 2.24) is 4.98 Å². The first kappa shape index (κ1) is 14.7. The van der Waals surface area contributed by atoms with E-state index >= 15 is 0 Å². The van der Waals surface area contributed by atoms with E-state index in [-0.39, 0.29) is 0 Å². The molecular weight excluding hydrogens is 272 g/mol. The summed E-state index contributed by atoms with van der Waals surface area (Å²) in [6.07, 6.45) is 2.86. The quantitative estimate of drug-likeness (QED) is 0.854. The van der Waals surface area contributed by atoms with Crippen molar-refractivity contribution in [1.29, 1.82) is 0 Å². The lowest BCUT2D eigenvalue weighted by Gasteiger charge is -2.10. The van der Waals surface area contributed by atoms with Crippen LogP contribution in [0.4, 0.5) is 5.82 Å². The number of hydrogen-bond donors (Lipinski definition) is 1. The molecule has 0 aliphatic heterocycles. The van der Waals surface area contributed by atoms with Gasteiger partial charge in [0.15, 0.2) is 0 Å². The van der Waals surface area contributed by atoms with Crippen LogP contribution in [0.15, 0.2) is 36.5 Å². The lowest BCUT2D eigenvalue weighted by molar-refractivity contribution is 0.306. The van der Waals surface area contributed by atoms with Gasteiger partial charge in [0.05, 0.1) is 5.02 Å². The average Bonchev–Trinajstić information content (AvgIpc) is 2.46. The van der Waals surface area contributed by atoms with Gasteiger partial charge in [0, 0.05) is 12.7 Å². The number of rotatable bonds is 6. The molecule has 20 heavy (non-hydrogen) atoms. The Bertz CT molecular complexity index is 572. The lowest BCUT2D eigenvalue weighted by atomic mass is 10.2. The fourth-order valence-corrected chi connectivity index (χ4v) is 1.97. The Labute approximate surface area is 124 Å². The average molecular weight is 291 g/mol. The highest BCUT2D eigenvalue weighted by atomic mass is 35.5. The Morgan fingerprint density at radius 3 is 2.90 bits per heavy atom. The van der Waals surface area contributed by atoms with Crippen molar-refractivity contribution in [2.75, 3.05) is 11.9 Å². The molecule has 0 spiro atoms. The molecule has 1 N–H and O–H groups in total. The molecule has 1 aromatic heterocycles. The number of anilines is 1. The van der Waals surface area contributed by atoms with Crippen LogP contribution < -0.4 is 10.1 Å². The molecule has 0 radical (unpaired) electrons. The number of aryl methyl sites for hydroxylation is 1. The Kier molecular flexibility index (Phi) is 5.24. The number of hydrogen-bond acceptors (Lipinski definition) is 3. The Morgan fingerprint density at radius 1 is 1.25 bits per heavy atom. The fraction of sp³-hybridized carbons (Fsp3) is 0.312. The van der Waals surface area contributed by atoms with Gasteiger partial charge in [0.25, 0.3) is 0 Å². The molecule has 2 rings (SSSR count). The molecule has 3 nitrogen and oxygen atoms in total. The maximum atomic E-state index is 6.11. The SMILES string of the molecule is CCCNc1cc(COc2cc(C)ccc2Cl)ccn1. The molecule has 0 aliphatic carbocycles. The molecule has 1 heterocycles. The van der Waals surface area contributed by atoms with Gasteiger partial charge in [-0.1, -0.05) is 24.6 Å². The van der Waals surface area contributed by atoms with E-state index in [1.165, 1.54) is 0 Å². The van der Waals surface area contributed by atoms with Crippen LogP contribution >= 0.6 is 11.6 Å². The Morgan fingerprint density at radius 2 is 2.10 bits per heavy atom. The molecule has 4 heteroatoms. The molecule has 0 saturated carbocycles. The summed E-state index contributed by atoms with van der Waals surface area (Å²) in [7, 11) is 0. The van der Waals surface area contributed by atoms with Crippen molar-refractivity contribution in [3.63, 3.8) is 0 Å². The van der Waals surface area contributed by atoms with Gasteiger partial charge < -0.3 is 10.1 Å². The summed E-state index contributed by atoms with van der Waals surface area (Å²) in [5.74, 6) is 1.59. The summed E-state index contributed by atoms with van der Waals surface area (Å²) in [6.45, 7) is 5.54. The smallest absolute Gasteiger partial charge is 0.138 e. The molecule has 2 aromatic rings. The topological polar surface area (TPSA) is 34.1 Å². The highest BCUT2D eigenvalue weighted by molar-refractivity contribution is 6.32. The van der Waals surface area contributed by atoms with Crippen LogP contribution in [-0.2, 0) is 6.61 Å². The van der Waals surface area contributed by atoms with Gasteiger partial charge in [0.2, 0.25) is 0 Å². The van der Waals surface area contributed by atoms with Crippen LogP contribution in [0.2, 0.25) is 5.02 Å². The molecule has 0 saturated heterocycles. The minimum absolute atomic E-state index is 0.479. The van der Waals surface area contributed by atoms with E-state index in [9.17, 15) is 0 Å². The number of benzene rings is 1. The summed E-state index contributed by atoms with van der Waals surface area (Å²) >= 11 is 6.11. The first-order valence-corrected chi connectivity index (χ1v) is 7.14. The zero-order chi connectivity index (χ0) is 14.4. The monoisotopic (exact) mass is 290 g/mol. The molecule has 0 bridgehead atoms. The summed E-state index contributed by atoms with van der Waals surface area (Å²) in [4.78, 5) is 4.27. The maximum Gasteiger partial charge on any atom is 0.138 e. The number of halogens is 1. The third-order valence-corrected chi connectivity index (χ3v) is 3.17. The number of pyridine rings is 1. The van der Waals surface area contributed by atoms with Crippen LogP contribution in [0, 0.1) is 6.92 Å². The lowest BCUT2D eigenvalue weighted by Crippen LogP contribution is -2.03. The molecule has 0 unspecified atom stereocenters. The normalized spacial score (nSPS) is 10.3. The van der Waals surface area contributed by atoms with E-state index in [0.717, 1.165) is 29.9 Å². The predicted molar refractivity (Wildman–Crippen MR) is 83.5 cm³/mol. The largest absolute Gasteiger partial charge is 0.487 e. The van der Waals surface area contributed by atoms with Gasteiger partial charge in [-0.15, -0.1) is 0 Å². The number of nitrogens with zero attached hydrogens (tertiary/aromatic N) is 1. The van der Waals surface area contributed by atoms with E-state index in [1.54, 1.807) is 6.20 Å². The summed E-state index contributed by atoms with van der Waals surface area (Å²) in [5, 5.41) is 3.89. The van der Waals surface area contributed by atoms with Gasteiger partial charge in [0.1, 0.15) is 18.2 Å². The Balaban J connectivity index is 2.01. The second-order valence-electron chi connectivity index (χ2n) is 4.70. The molecule has 0 atom stereocenters. The van der Waals surface area contributed by atoms with Gasteiger partial charge in [-0.05, 0) is 48.7 Å². The van der Waals surface area contributed by atoms with Gasteiger partial charge in [-0.25, -0.2) is 4.98 Å². The van der Waals surface area contributed by atoms with Gasteiger partial charge in [-0.3, -0.25) is 0 Å².